The van der Waals surface area contributed by atoms with Crippen LogP contribution in [0.4, 0.5) is 15.8 Å². The molecule has 2 N–H and O–H groups in total. The van der Waals surface area contributed by atoms with E-state index in [4.69, 9.17) is 4.74 Å². The molecule has 28 heavy (non-hydrogen) atoms. The third-order valence-corrected chi connectivity index (χ3v) is 4.11. The van der Waals surface area contributed by atoms with Crippen LogP contribution in [-0.4, -0.2) is 18.9 Å². The second-order valence-corrected chi connectivity index (χ2v) is 6.17. The van der Waals surface area contributed by atoms with Gasteiger partial charge in [-0.3, -0.25) is 9.59 Å². The molecule has 0 aliphatic rings. The average Bonchev–Trinajstić information content (AvgIpc) is 2.70. The molecule has 0 saturated carbocycles. The first-order valence-corrected chi connectivity index (χ1v) is 8.60. The van der Waals surface area contributed by atoms with E-state index in [0.29, 0.717) is 17.0 Å². The molecule has 0 aromatic heterocycles. The summed E-state index contributed by atoms with van der Waals surface area (Å²) in [5.41, 5.74) is 2.12. The molecule has 0 unspecified atom stereocenters. The molecule has 0 bridgehead atoms. The lowest BCUT2D eigenvalue weighted by Crippen LogP contribution is -2.16. The van der Waals surface area contributed by atoms with Gasteiger partial charge < -0.3 is 15.4 Å². The average molecular weight is 378 g/mol. The van der Waals surface area contributed by atoms with Gasteiger partial charge >= 0.3 is 0 Å². The molecule has 0 aliphatic carbocycles. The van der Waals surface area contributed by atoms with Gasteiger partial charge in [0.2, 0.25) is 0 Å². The Kier molecular flexibility index (Phi) is 5.69. The smallest absolute Gasteiger partial charge is 0.255 e. The highest BCUT2D eigenvalue weighted by atomic mass is 19.1. The quantitative estimate of drug-likeness (QED) is 0.679. The minimum atomic E-state index is -0.531. The van der Waals surface area contributed by atoms with Crippen molar-refractivity contribution in [2.24, 2.45) is 0 Å². The Morgan fingerprint density at radius 1 is 0.821 bits per heavy atom. The van der Waals surface area contributed by atoms with Crippen molar-refractivity contribution in [1.29, 1.82) is 0 Å². The summed E-state index contributed by atoms with van der Waals surface area (Å²) in [7, 11) is 1.52. The summed E-state index contributed by atoms with van der Waals surface area (Å²) < 4.78 is 19.0. The van der Waals surface area contributed by atoms with Crippen LogP contribution in [0.3, 0.4) is 0 Å². The molecule has 5 nitrogen and oxygen atoms in total. The van der Waals surface area contributed by atoms with Crippen LogP contribution in [0.15, 0.2) is 66.7 Å². The third kappa shape index (κ3) is 4.35. The van der Waals surface area contributed by atoms with Crippen LogP contribution < -0.4 is 15.4 Å². The van der Waals surface area contributed by atoms with Crippen molar-refractivity contribution in [3.8, 4) is 5.75 Å². The summed E-state index contributed by atoms with van der Waals surface area (Å²) in [4.78, 5) is 25.0. The molecular weight excluding hydrogens is 359 g/mol. The molecule has 0 saturated heterocycles. The highest BCUT2D eigenvalue weighted by molar-refractivity contribution is 6.09. The Morgan fingerprint density at radius 3 is 2.11 bits per heavy atom. The lowest BCUT2D eigenvalue weighted by atomic mass is 10.1. The summed E-state index contributed by atoms with van der Waals surface area (Å²) in [5.74, 6) is -0.888. The molecule has 2 amide bonds. The fourth-order valence-corrected chi connectivity index (χ4v) is 2.67. The predicted molar refractivity (Wildman–Crippen MR) is 106 cm³/mol. The minimum absolute atomic E-state index is 0.0758. The number of anilines is 2. The summed E-state index contributed by atoms with van der Waals surface area (Å²) >= 11 is 0. The minimum Gasteiger partial charge on any atom is -0.495 e. The number of hydrogen-bond acceptors (Lipinski definition) is 3. The van der Waals surface area contributed by atoms with Crippen molar-refractivity contribution in [2.75, 3.05) is 17.7 Å². The molecule has 3 aromatic carbocycles. The normalized spacial score (nSPS) is 10.2. The van der Waals surface area contributed by atoms with E-state index in [-0.39, 0.29) is 17.2 Å². The maximum Gasteiger partial charge on any atom is 0.255 e. The molecule has 6 heteroatoms. The van der Waals surface area contributed by atoms with E-state index < -0.39 is 11.7 Å². The Balaban J connectivity index is 1.79. The fourth-order valence-electron chi connectivity index (χ4n) is 2.67. The van der Waals surface area contributed by atoms with Gasteiger partial charge in [-0.05, 0) is 55.0 Å². The molecular formula is C22H19FN2O3. The van der Waals surface area contributed by atoms with Crippen molar-refractivity contribution in [3.63, 3.8) is 0 Å². The number of para-hydroxylation sites is 1. The second-order valence-electron chi connectivity index (χ2n) is 6.17. The summed E-state index contributed by atoms with van der Waals surface area (Å²) in [6, 6.07) is 17.5. The standard InChI is InChI=1S/C22H19FN2O3/c1-14-10-11-20(28-2)19(12-14)25-22(27)16-7-5-6-15(13-16)21(26)24-18-9-4-3-8-17(18)23/h3-13H,1-2H3,(H,24,26)(H,25,27). The monoisotopic (exact) mass is 378 g/mol. The molecule has 0 heterocycles. The van der Waals surface area contributed by atoms with E-state index >= 15 is 0 Å². The number of aryl methyl sites for hydroxylation is 1. The van der Waals surface area contributed by atoms with Crippen molar-refractivity contribution in [3.05, 3.63) is 89.2 Å². The number of rotatable bonds is 5. The second kappa shape index (κ2) is 8.35. The van der Waals surface area contributed by atoms with Gasteiger partial charge in [-0.1, -0.05) is 24.3 Å². The third-order valence-electron chi connectivity index (χ3n) is 4.11. The van der Waals surface area contributed by atoms with Gasteiger partial charge in [0.15, 0.2) is 0 Å². The van der Waals surface area contributed by atoms with Crippen LogP contribution in [0, 0.1) is 12.7 Å². The Bertz CT molecular complexity index is 1030. The molecule has 0 atom stereocenters. The molecule has 0 spiro atoms. The van der Waals surface area contributed by atoms with Gasteiger partial charge in [0, 0.05) is 11.1 Å². The number of benzene rings is 3. The van der Waals surface area contributed by atoms with Crippen molar-refractivity contribution < 1.29 is 18.7 Å². The van der Waals surface area contributed by atoms with E-state index in [0.717, 1.165) is 5.56 Å². The number of amides is 2. The first-order valence-electron chi connectivity index (χ1n) is 8.60. The van der Waals surface area contributed by atoms with Crippen molar-refractivity contribution in [2.45, 2.75) is 6.92 Å². The number of nitrogens with one attached hydrogen (secondary N) is 2. The number of hydrogen-bond donors (Lipinski definition) is 2. The predicted octanol–water partition coefficient (Wildman–Crippen LogP) is 4.65. The topological polar surface area (TPSA) is 67.4 Å². The molecule has 0 fully saturated rings. The van der Waals surface area contributed by atoms with E-state index in [1.54, 1.807) is 36.4 Å². The van der Waals surface area contributed by atoms with Crippen LogP contribution in [0.2, 0.25) is 0 Å². The van der Waals surface area contributed by atoms with E-state index in [2.05, 4.69) is 10.6 Å². The lowest BCUT2D eigenvalue weighted by molar-refractivity contribution is 0.102. The Morgan fingerprint density at radius 2 is 1.46 bits per heavy atom. The molecule has 0 radical (unpaired) electrons. The summed E-state index contributed by atoms with van der Waals surface area (Å²) in [5, 5.41) is 5.29. The van der Waals surface area contributed by atoms with Gasteiger partial charge in [0.25, 0.3) is 11.8 Å². The molecule has 3 rings (SSSR count). The fraction of sp³-hybridized carbons (Fsp3) is 0.0909. The Labute approximate surface area is 162 Å². The lowest BCUT2D eigenvalue weighted by Gasteiger charge is -2.12. The highest BCUT2D eigenvalue weighted by Crippen LogP contribution is 2.26. The number of halogens is 1. The maximum absolute atomic E-state index is 13.7. The first kappa shape index (κ1) is 19.1. The van der Waals surface area contributed by atoms with Gasteiger partial charge in [-0.15, -0.1) is 0 Å². The van der Waals surface area contributed by atoms with E-state index in [9.17, 15) is 14.0 Å². The Hall–Kier alpha value is -3.67. The van der Waals surface area contributed by atoms with Crippen LogP contribution in [0.25, 0.3) is 0 Å². The number of methoxy groups -OCH3 is 1. The van der Waals surface area contributed by atoms with E-state index in [1.165, 1.54) is 31.4 Å². The molecule has 142 valence electrons. The highest BCUT2D eigenvalue weighted by Gasteiger charge is 2.14. The van der Waals surface area contributed by atoms with Gasteiger partial charge in [-0.2, -0.15) is 0 Å². The van der Waals surface area contributed by atoms with Crippen LogP contribution in [-0.2, 0) is 0 Å². The number of ether oxygens (including phenoxy) is 1. The van der Waals surface area contributed by atoms with Crippen LogP contribution in [0.1, 0.15) is 26.3 Å². The molecule has 0 aliphatic heterocycles. The SMILES string of the molecule is COc1ccc(C)cc1NC(=O)c1cccc(C(=O)Nc2ccccc2F)c1. The van der Waals surface area contributed by atoms with Gasteiger partial charge in [0.05, 0.1) is 18.5 Å². The van der Waals surface area contributed by atoms with Crippen LogP contribution in [0.5, 0.6) is 5.75 Å². The van der Waals surface area contributed by atoms with Gasteiger partial charge in [0.1, 0.15) is 11.6 Å². The molecule has 3 aromatic rings. The van der Waals surface area contributed by atoms with Gasteiger partial charge in [-0.25, -0.2) is 4.39 Å². The van der Waals surface area contributed by atoms with Crippen LogP contribution >= 0.6 is 0 Å². The zero-order valence-electron chi connectivity index (χ0n) is 15.5. The zero-order valence-corrected chi connectivity index (χ0v) is 15.5. The largest absolute Gasteiger partial charge is 0.495 e. The zero-order chi connectivity index (χ0) is 20.1. The van der Waals surface area contributed by atoms with E-state index in [1.807, 2.05) is 13.0 Å². The van der Waals surface area contributed by atoms with Crippen molar-refractivity contribution >= 4 is 23.2 Å². The van der Waals surface area contributed by atoms with Crippen molar-refractivity contribution in [1.82, 2.24) is 0 Å². The number of carbonyl (C=O) groups is 2. The number of carbonyl (C=O) groups excluding carboxylic acids is 2. The first-order chi connectivity index (χ1) is 13.5. The maximum atomic E-state index is 13.7. The summed E-state index contributed by atoms with van der Waals surface area (Å²) in [6.45, 7) is 1.91. The summed E-state index contributed by atoms with van der Waals surface area (Å²) in [6.07, 6.45) is 0.